The quantitative estimate of drug-likeness (QED) is 0.666. The molecule has 2 aromatic heterocycles. The summed E-state index contributed by atoms with van der Waals surface area (Å²) < 4.78 is 28.6. The van der Waals surface area contributed by atoms with Crippen LogP contribution < -0.4 is 5.73 Å². The van der Waals surface area contributed by atoms with Crippen LogP contribution in [-0.4, -0.2) is 0 Å². The first-order valence-electron chi connectivity index (χ1n) is 5.43. The lowest BCUT2D eigenvalue weighted by Crippen LogP contribution is -2.11. The zero-order chi connectivity index (χ0) is 13.6. The van der Waals surface area contributed by atoms with Gasteiger partial charge in [0.05, 0.1) is 6.04 Å². The molecule has 98 valence electrons. The van der Waals surface area contributed by atoms with Crippen molar-refractivity contribution in [1.82, 2.24) is 0 Å². The summed E-state index contributed by atoms with van der Waals surface area (Å²) in [6, 6.07) is 5.45. The van der Waals surface area contributed by atoms with Gasteiger partial charge in [0, 0.05) is 19.3 Å². The lowest BCUT2D eigenvalue weighted by Gasteiger charge is -2.12. The lowest BCUT2D eigenvalue weighted by atomic mass is 10.1. The average Bonchev–Trinajstić information content (AvgIpc) is 2.93. The summed E-state index contributed by atoms with van der Waals surface area (Å²) in [4.78, 5) is 0.884. The second-order valence-corrected chi connectivity index (χ2v) is 6.53. The Morgan fingerprint density at radius 1 is 1.11 bits per heavy atom. The van der Waals surface area contributed by atoms with Crippen LogP contribution in [0.4, 0.5) is 8.78 Å². The molecule has 2 heterocycles. The Bertz CT molecular complexity index is 722. The molecule has 19 heavy (non-hydrogen) atoms. The van der Waals surface area contributed by atoms with Gasteiger partial charge in [0.25, 0.3) is 0 Å². The van der Waals surface area contributed by atoms with Crippen molar-refractivity contribution in [2.45, 2.75) is 6.04 Å². The second-order valence-electron chi connectivity index (χ2n) is 4.06. The number of hydrogen-bond donors (Lipinski definition) is 1. The Hall–Kier alpha value is -1.01. The number of halogens is 3. The number of rotatable bonds is 2. The minimum atomic E-state index is -0.965. The van der Waals surface area contributed by atoms with Crippen molar-refractivity contribution in [2.24, 2.45) is 5.73 Å². The zero-order valence-electron chi connectivity index (χ0n) is 9.49. The highest BCUT2D eigenvalue weighted by atomic mass is 35.5. The predicted molar refractivity (Wildman–Crippen MR) is 77.1 cm³/mol. The monoisotopic (exact) mass is 315 g/mol. The van der Waals surface area contributed by atoms with Crippen LogP contribution in [0, 0.1) is 11.6 Å². The molecule has 0 amide bonds. The van der Waals surface area contributed by atoms with Crippen molar-refractivity contribution < 1.29 is 8.78 Å². The van der Waals surface area contributed by atoms with Crippen molar-refractivity contribution in [2.75, 3.05) is 0 Å². The van der Waals surface area contributed by atoms with Gasteiger partial charge >= 0.3 is 0 Å². The molecule has 6 heteroatoms. The van der Waals surface area contributed by atoms with Crippen LogP contribution in [0.15, 0.2) is 29.6 Å². The van der Waals surface area contributed by atoms with Crippen LogP contribution in [0.2, 0.25) is 5.02 Å². The molecule has 0 aliphatic carbocycles. The molecule has 0 aliphatic rings. The number of hydrogen-bond acceptors (Lipinski definition) is 3. The van der Waals surface area contributed by atoms with E-state index >= 15 is 0 Å². The van der Waals surface area contributed by atoms with Crippen LogP contribution in [0.3, 0.4) is 0 Å². The summed E-state index contributed by atoms with van der Waals surface area (Å²) in [7, 11) is 0. The van der Waals surface area contributed by atoms with Crippen molar-refractivity contribution in [1.29, 1.82) is 0 Å². The highest BCUT2D eigenvalue weighted by Crippen LogP contribution is 2.37. The maximum absolute atomic E-state index is 13.3. The van der Waals surface area contributed by atoms with Gasteiger partial charge in [-0.15, -0.1) is 22.7 Å². The summed E-state index contributed by atoms with van der Waals surface area (Å²) in [5, 5.41) is 2.14. The Morgan fingerprint density at radius 2 is 1.84 bits per heavy atom. The van der Waals surface area contributed by atoms with E-state index in [1.165, 1.54) is 11.3 Å². The van der Waals surface area contributed by atoms with Crippen LogP contribution in [0.5, 0.6) is 0 Å². The SMILES string of the molecule is NC(c1cc2sccc2s1)c1cc(F)c(F)cc1Cl. The molecule has 1 atom stereocenters. The Balaban J connectivity index is 2.06. The molecular weight excluding hydrogens is 308 g/mol. The molecular formula is C13H8ClF2NS2. The van der Waals surface area contributed by atoms with Gasteiger partial charge in [0.1, 0.15) is 0 Å². The number of benzene rings is 1. The highest BCUT2D eigenvalue weighted by molar-refractivity contribution is 7.27. The molecule has 0 spiro atoms. The molecule has 2 N–H and O–H groups in total. The largest absolute Gasteiger partial charge is 0.320 e. The maximum Gasteiger partial charge on any atom is 0.160 e. The lowest BCUT2D eigenvalue weighted by molar-refractivity contribution is 0.506. The fraction of sp³-hybridized carbons (Fsp3) is 0.0769. The van der Waals surface area contributed by atoms with E-state index in [9.17, 15) is 8.78 Å². The van der Waals surface area contributed by atoms with Crippen LogP contribution in [0.1, 0.15) is 16.5 Å². The van der Waals surface area contributed by atoms with E-state index in [1.807, 2.05) is 17.5 Å². The minimum Gasteiger partial charge on any atom is -0.320 e. The van der Waals surface area contributed by atoms with E-state index in [4.69, 9.17) is 17.3 Å². The first-order valence-corrected chi connectivity index (χ1v) is 7.50. The summed E-state index contributed by atoms with van der Waals surface area (Å²) in [5.41, 5.74) is 6.50. The molecule has 0 radical (unpaired) electrons. The Kier molecular flexibility index (Phi) is 3.30. The van der Waals surface area contributed by atoms with E-state index in [-0.39, 0.29) is 5.02 Å². The van der Waals surface area contributed by atoms with E-state index in [0.717, 1.165) is 26.4 Å². The molecule has 0 saturated heterocycles. The van der Waals surface area contributed by atoms with E-state index < -0.39 is 17.7 Å². The molecule has 3 aromatic rings. The van der Waals surface area contributed by atoms with Crippen LogP contribution in [-0.2, 0) is 0 Å². The fourth-order valence-corrected chi connectivity index (χ4v) is 4.28. The standard InChI is InChI=1S/C13H8ClF2NS2/c14-7-4-9(16)8(15)3-6(7)13(17)12-5-11-10(19-12)1-2-18-11/h1-5,13H,17H2. The van der Waals surface area contributed by atoms with Gasteiger partial charge in [-0.1, -0.05) is 11.6 Å². The highest BCUT2D eigenvalue weighted by Gasteiger charge is 2.18. The number of thiophene rings is 2. The molecule has 0 saturated carbocycles. The first kappa shape index (κ1) is 13.0. The van der Waals surface area contributed by atoms with E-state index in [2.05, 4.69) is 0 Å². The topological polar surface area (TPSA) is 26.0 Å². The molecule has 1 nitrogen and oxygen atoms in total. The normalized spacial score (nSPS) is 13.1. The van der Waals surface area contributed by atoms with Gasteiger partial charge in [-0.05, 0) is 35.2 Å². The van der Waals surface area contributed by atoms with Crippen molar-refractivity contribution in [3.05, 3.63) is 56.7 Å². The van der Waals surface area contributed by atoms with Gasteiger partial charge < -0.3 is 5.73 Å². The van der Waals surface area contributed by atoms with Gasteiger partial charge in [-0.25, -0.2) is 8.78 Å². The van der Waals surface area contributed by atoms with E-state index in [0.29, 0.717) is 5.56 Å². The Labute approximate surface area is 121 Å². The third kappa shape index (κ3) is 2.27. The maximum atomic E-state index is 13.3. The first-order chi connectivity index (χ1) is 9.06. The zero-order valence-corrected chi connectivity index (χ0v) is 11.9. The molecule has 0 fully saturated rings. The Morgan fingerprint density at radius 3 is 2.58 bits per heavy atom. The molecule has 0 bridgehead atoms. The van der Waals surface area contributed by atoms with Gasteiger partial charge in [-0.2, -0.15) is 0 Å². The number of fused-ring (bicyclic) bond motifs is 1. The van der Waals surface area contributed by atoms with Crippen molar-refractivity contribution in [3.8, 4) is 0 Å². The molecule has 3 rings (SSSR count). The van der Waals surface area contributed by atoms with E-state index in [1.54, 1.807) is 11.3 Å². The van der Waals surface area contributed by atoms with Crippen molar-refractivity contribution >= 4 is 43.7 Å². The molecule has 1 aromatic carbocycles. The van der Waals surface area contributed by atoms with Gasteiger partial charge in [-0.3, -0.25) is 0 Å². The second kappa shape index (κ2) is 4.83. The predicted octanol–water partition coefficient (Wildman–Crippen LogP) is 4.94. The summed E-state index contributed by atoms with van der Waals surface area (Å²) >= 11 is 9.09. The minimum absolute atomic E-state index is 0.142. The average molecular weight is 316 g/mol. The van der Waals surface area contributed by atoms with Crippen LogP contribution >= 0.6 is 34.3 Å². The summed E-state index contributed by atoms with van der Waals surface area (Å²) in [6.07, 6.45) is 0. The summed E-state index contributed by atoms with van der Waals surface area (Å²) in [6.45, 7) is 0. The fourth-order valence-electron chi connectivity index (χ4n) is 1.87. The number of nitrogens with two attached hydrogens (primary N) is 1. The molecule has 1 unspecified atom stereocenters. The van der Waals surface area contributed by atoms with Gasteiger partial charge in [0.15, 0.2) is 11.6 Å². The molecule has 0 aliphatic heterocycles. The van der Waals surface area contributed by atoms with Crippen LogP contribution in [0.25, 0.3) is 9.40 Å². The smallest absolute Gasteiger partial charge is 0.160 e. The summed E-state index contributed by atoms with van der Waals surface area (Å²) in [5.74, 6) is -1.90. The van der Waals surface area contributed by atoms with Gasteiger partial charge in [0.2, 0.25) is 0 Å². The van der Waals surface area contributed by atoms with Crippen molar-refractivity contribution in [3.63, 3.8) is 0 Å². The third-order valence-corrected chi connectivity index (χ3v) is 5.34. The third-order valence-electron chi connectivity index (χ3n) is 2.84.